The molecule has 0 radical (unpaired) electrons. The van der Waals surface area contributed by atoms with Crippen LogP contribution in [0.25, 0.3) is 67.1 Å². The molecule has 0 unspecified atom stereocenters. The minimum absolute atomic E-state index is 0.313. The summed E-state index contributed by atoms with van der Waals surface area (Å²) in [6.07, 6.45) is 3.92. The molecule has 69 heavy (non-hydrogen) atoms. The molecule has 0 heterocycles. The van der Waals surface area contributed by atoms with Gasteiger partial charge in [0.15, 0.2) is 0 Å². The predicted octanol–water partition coefficient (Wildman–Crippen LogP) is 19.1. The molecule has 0 amide bonds. The summed E-state index contributed by atoms with van der Waals surface area (Å²) in [5, 5.41) is 4.72. The van der Waals surface area contributed by atoms with Crippen LogP contribution in [-0.2, 0) is 5.41 Å². The normalized spacial score (nSPS) is 12.4. The van der Waals surface area contributed by atoms with Gasteiger partial charge in [-0.3, -0.25) is 0 Å². The van der Waals surface area contributed by atoms with Crippen LogP contribution >= 0.6 is 0 Å². The molecule has 10 aromatic rings. The Morgan fingerprint density at radius 2 is 0.667 bits per heavy atom. The second kappa shape index (κ2) is 17.1. The Morgan fingerprint density at radius 1 is 0.333 bits per heavy atom. The monoisotopic (exact) mass is 888 g/mol. The molecule has 0 aliphatic heterocycles. The Kier molecular flexibility index (Phi) is 10.8. The maximum absolute atomic E-state index is 4.18. The van der Waals surface area contributed by atoms with Gasteiger partial charge in [-0.1, -0.05) is 173 Å². The lowest BCUT2D eigenvalue weighted by molar-refractivity contribution is 0.660. The molecule has 0 fully saturated rings. The van der Waals surface area contributed by atoms with Crippen LogP contribution in [0.15, 0.2) is 207 Å². The molecule has 1 aliphatic carbocycles. The summed E-state index contributed by atoms with van der Waals surface area (Å²) in [6, 6.07) is 71.8. The van der Waals surface area contributed by atoms with E-state index in [1.165, 1.54) is 88.3 Å². The number of benzene rings is 10. The molecule has 0 aromatic heterocycles. The van der Waals surface area contributed by atoms with Crippen molar-refractivity contribution in [3.05, 3.63) is 252 Å². The smallest absolute Gasteiger partial charge is 0.0540 e. The third kappa shape index (κ3) is 7.27. The molecule has 0 atom stereocenters. The van der Waals surface area contributed by atoms with Crippen LogP contribution in [-0.4, -0.2) is 0 Å². The zero-order chi connectivity index (χ0) is 47.6. The van der Waals surface area contributed by atoms with Crippen LogP contribution in [0.5, 0.6) is 0 Å². The summed E-state index contributed by atoms with van der Waals surface area (Å²) >= 11 is 0. The third-order valence-electron chi connectivity index (χ3n) is 14.8. The number of anilines is 6. The van der Waals surface area contributed by atoms with E-state index in [2.05, 4.69) is 259 Å². The predicted molar refractivity (Wildman–Crippen MR) is 298 cm³/mol. The van der Waals surface area contributed by atoms with E-state index >= 15 is 0 Å². The molecule has 2 heteroatoms. The van der Waals surface area contributed by atoms with Gasteiger partial charge in [0.1, 0.15) is 0 Å². The topological polar surface area (TPSA) is 6.48 Å². The standard InChI is InChI=1S/C67H56N2/c1-9-47-27-37-65(61-25-17-15-23-57(47)61)68(49-29-33-55(45(5)39-49)53-21-13-11-19-43(53)3)51-31-35-59-60-36-32-52(42-64(60)67(7,8)63(59)41-51)69(66-38-28-48(10-2)58-24-16-18-26-62(58)66)50-30-34-56(46(6)40-50)54-22-14-12-20-44(54)4/h9-42H,1-2H2,3-8H3. The van der Waals surface area contributed by atoms with Gasteiger partial charge < -0.3 is 9.80 Å². The summed E-state index contributed by atoms with van der Waals surface area (Å²) in [7, 11) is 0. The third-order valence-corrected chi connectivity index (χ3v) is 14.8. The maximum atomic E-state index is 4.18. The molecule has 0 N–H and O–H groups in total. The van der Waals surface area contributed by atoms with Crippen LogP contribution in [0.2, 0.25) is 0 Å². The van der Waals surface area contributed by atoms with Crippen molar-refractivity contribution in [1.29, 1.82) is 0 Å². The number of hydrogen-bond donors (Lipinski definition) is 0. The van der Waals surface area contributed by atoms with Crippen molar-refractivity contribution in [3.8, 4) is 33.4 Å². The maximum Gasteiger partial charge on any atom is 0.0540 e. The summed E-state index contributed by atoms with van der Waals surface area (Å²) in [5.74, 6) is 0. The van der Waals surface area contributed by atoms with Gasteiger partial charge in [-0.15, -0.1) is 0 Å². The Labute approximate surface area is 407 Å². The molecule has 0 saturated heterocycles. The average Bonchev–Trinajstić information content (AvgIpc) is 3.59. The van der Waals surface area contributed by atoms with Gasteiger partial charge in [0.25, 0.3) is 0 Å². The molecule has 2 nitrogen and oxygen atoms in total. The Bertz CT molecular complexity index is 3460. The summed E-state index contributed by atoms with van der Waals surface area (Å²) in [6.45, 7) is 22.0. The van der Waals surface area contributed by atoms with Gasteiger partial charge >= 0.3 is 0 Å². The molecule has 0 saturated carbocycles. The summed E-state index contributed by atoms with van der Waals surface area (Å²) in [4.78, 5) is 4.91. The Morgan fingerprint density at radius 3 is 1.04 bits per heavy atom. The van der Waals surface area contributed by atoms with Gasteiger partial charge in [0, 0.05) is 38.9 Å². The molecule has 0 spiro atoms. The highest BCUT2D eigenvalue weighted by molar-refractivity contribution is 6.05. The van der Waals surface area contributed by atoms with Gasteiger partial charge in [-0.2, -0.15) is 0 Å². The van der Waals surface area contributed by atoms with Crippen molar-refractivity contribution in [2.75, 3.05) is 9.80 Å². The van der Waals surface area contributed by atoms with Gasteiger partial charge in [0.05, 0.1) is 11.4 Å². The lowest BCUT2D eigenvalue weighted by Crippen LogP contribution is -2.18. The lowest BCUT2D eigenvalue weighted by Gasteiger charge is -2.31. The van der Waals surface area contributed by atoms with Crippen molar-refractivity contribution >= 4 is 67.8 Å². The van der Waals surface area contributed by atoms with Crippen LogP contribution in [0, 0.1) is 27.7 Å². The van der Waals surface area contributed by atoms with Crippen LogP contribution < -0.4 is 9.80 Å². The van der Waals surface area contributed by atoms with E-state index in [0.717, 1.165) is 45.3 Å². The molecule has 10 aromatic carbocycles. The number of hydrogen-bond acceptors (Lipinski definition) is 2. The molecular weight excluding hydrogens is 833 g/mol. The molecule has 334 valence electrons. The highest BCUT2D eigenvalue weighted by atomic mass is 15.2. The van der Waals surface area contributed by atoms with Crippen molar-refractivity contribution in [2.24, 2.45) is 0 Å². The Hall–Kier alpha value is -8.20. The first-order valence-corrected chi connectivity index (χ1v) is 24.1. The lowest BCUT2D eigenvalue weighted by atomic mass is 9.82. The van der Waals surface area contributed by atoms with Gasteiger partial charge in [-0.05, 0) is 177 Å². The first kappa shape index (κ1) is 43.4. The average molecular weight is 889 g/mol. The highest BCUT2D eigenvalue weighted by Crippen LogP contribution is 2.53. The quantitative estimate of drug-likeness (QED) is 0.135. The summed E-state index contributed by atoms with van der Waals surface area (Å²) in [5.41, 5.74) is 23.9. The largest absolute Gasteiger partial charge is 0.310 e. The van der Waals surface area contributed by atoms with E-state index < -0.39 is 0 Å². The van der Waals surface area contributed by atoms with E-state index in [4.69, 9.17) is 0 Å². The van der Waals surface area contributed by atoms with Crippen molar-refractivity contribution in [2.45, 2.75) is 47.0 Å². The van der Waals surface area contributed by atoms with Crippen molar-refractivity contribution in [1.82, 2.24) is 0 Å². The summed E-state index contributed by atoms with van der Waals surface area (Å²) < 4.78 is 0. The minimum Gasteiger partial charge on any atom is -0.310 e. The Balaban J connectivity index is 1.06. The zero-order valence-electron chi connectivity index (χ0n) is 40.4. The number of aryl methyl sites for hydroxylation is 4. The van der Waals surface area contributed by atoms with E-state index in [0.29, 0.717) is 0 Å². The zero-order valence-corrected chi connectivity index (χ0v) is 40.4. The minimum atomic E-state index is -0.313. The second-order valence-electron chi connectivity index (χ2n) is 19.2. The van der Waals surface area contributed by atoms with Gasteiger partial charge in [-0.25, -0.2) is 0 Å². The van der Waals surface area contributed by atoms with Crippen LogP contribution in [0.4, 0.5) is 34.1 Å². The van der Waals surface area contributed by atoms with E-state index in [1.54, 1.807) is 0 Å². The fraction of sp³-hybridized carbons (Fsp3) is 0.104. The number of nitrogens with zero attached hydrogens (tertiary/aromatic N) is 2. The fourth-order valence-electron chi connectivity index (χ4n) is 11.1. The van der Waals surface area contributed by atoms with Gasteiger partial charge in [0.2, 0.25) is 0 Å². The van der Waals surface area contributed by atoms with Crippen LogP contribution in [0.3, 0.4) is 0 Å². The number of fused-ring (bicyclic) bond motifs is 5. The SMILES string of the molecule is C=Cc1ccc(N(c2ccc(-c3ccccc3C)c(C)c2)c2ccc3c(c2)C(C)(C)c2cc(N(c4ccc(-c5ccccc5C)c(C)c4)c4ccc(C=C)c5ccccc45)ccc2-3)c2ccccc12. The van der Waals surface area contributed by atoms with E-state index in [9.17, 15) is 0 Å². The molecule has 1 aliphatic rings. The molecule has 0 bridgehead atoms. The van der Waals surface area contributed by atoms with Crippen LogP contribution in [0.1, 0.15) is 58.4 Å². The second-order valence-corrected chi connectivity index (χ2v) is 19.2. The molecule has 11 rings (SSSR count). The first-order valence-electron chi connectivity index (χ1n) is 24.1. The van der Waals surface area contributed by atoms with E-state index in [-0.39, 0.29) is 5.41 Å². The fourth-order valence-corrected chi connectivity index (χ4v) is 11.1. The first-order chi connectivity index (χ1) is 33.5. The number of rotatable bonds is 10. The molecular formula is C67H56N2. The van der Waals surface area contributed by atoms with E-state index in [1.807, 2.05) is 12.2 Å². The van der Waals surface area contributed by atoms with Crippen molar-refractivity contribution < 1.29 is 0 Å². The highest BCUT2D eigenvalue weighted by Gasteiger charge is 2.37. The van der Waals surface area contributed by atoms with Crippen molar-refractivity contribution in [3.63, 3.8) is 0 Å².